The average molecular weight is 226 g/mol. The first-order chi connectivity index (χ1) is 7.63. The predicted molar refractivity (Wildman–Crippen MR) is 67.4 cm³/mol. The molecule has 0 bridgehead atoms. The quantitative estimate of drug-likeness (QED) is 0.706. The fourth-order valence-electron chi connectivity index (χ4n) is 2.34. The molecule has 0 aromatic rings. The maximum atomic E-state index is 11.7. The van der Waals surface area contributed by atoms with Gasteiger partial charge in [-0.25, -0.2) is 0 Å². The normalized spacial score (nSPS) is 30.1. The zero-order valence-electron chi connectivity index (χ0n) is 10.9. The highest BCUT2D eigenvalue weighted by Gasteiger charge is 2.25. The minimum Gasteiger partial charge on any atom is -0.352 e. The van der Waals surface area contributed by atoms with Crippen molar-refractivity contribution in [2.75, 3.05) is 0 Å². The van der Waals surface area contributed by atoms with Crippen LogP contribution < -0.4 is 10.6 Å². The number of amides is 1. The van der Waals surface area contributed by atoms with Gasteiger partial charge in [0, 0.05) is 24.5 Å². The Morgan fingerprint density at radius 1 is 1.31 bits per heavy atom. The van der Waals surface area contributed by atoms with Crippen LogP contribution in [0.1, 0.15) is 59.3 Å². The first kappa shape index (κ1) is 13.5. The second-order valence-electron chi connectivity index (χ2n) is 5.06. The van der Waals surface area contributed by atoms with Crippen molar-refractivity contribution in [2.24, 2.45) is 0 Å². The number of unbranched alkanes of at least 4 members (excludes halogenated alkanes) is 2. The van der Waals surface area contributed by atoms with Crippen LogP contribution in [0.25, 0.3) is 0 Å². The predicted octanol–water partition coefficient (Wildman–Crippen LogP) is 2.21. The Bertz CT molecular complexity index is 218. The number of rotatable bonds is 5. The van der Waals surface area contributed by atoms with Crippen LogP contribution in [-0.4, -0.2) is 24.0 Å². The molecule has 2 N–H and O–H groups in total. The van der Waals surface area contributed by atoms with E-state index in [2.05, 4.69) is 31.4 Å². The van der Waals surface area contributed by atoms with Gasteiger partial charge in [0.1, 0.15) is 0 Å². The molecule has 1 rings (SSSR count). The molecule has 16 heavy (non-hydrogen) atoms. The van der Waals surface area contributed by atoms with E-state index in [0.717, 1.165) is 25.7 Å². The van der Waals surface area contributed by atoms with Crippen molar-refractivity contribution in [3.63, 3.8) is 0 Å². The molecule has 3 atom stereocenters. The highest BCUT2D eigenvalue weighted by molar-refractivity contribution is 5.76. The molecule has 1 amide bonds. The number of hydrogen-bond donors (Lipinski definition) is 2. The molecule has 0 aromatic carbocycles. The summed E-state index contributed by atoms with van der Waals surface area (Å²) in [7, 11) is 0. The summed E-state index contributed by atoms with van der Waals surface area (Å²) in [5, 5.41) is 6.63. The lowest BCUT2D eigenvalue weighted by atomic mass is 9.95. The molecule has 1 heterocycles. The van der Waals surface area contributed by atoms with Crippen molar-refractivity contribution >= 4 is 5.91 Å². The van der Waals surface area contributed by atoms with Crippen LogP contribution in [0.4, 0.5) is 0 Å². The number of nitrogens with one attached hydrogen (secondary N) is 2. The highest BCUT2D eigenvalue weighted by atomic mass is 16.1. The molecule has 1 aliphatic heterocycles. The summed E-state index contributed by atoms with van der Waals surface area (Å²) in [4.78, 5) is 11.7. The molecule has 1 aliphatic rings. The van der Waals surface area contributed by atoms with Gasteiger partial charge in [-0.3, -0.25) is 4.79 Å². The van der Waals surface area contributed by atoms with Gasteiger partial charge < -0.3 is 10.6 Å². The summed E-state index contributed by atoms with van der Waals surface area (Å²) in [6.45, 7) is 6.52. The molecule has 3 unspecified atom stereocenters. The van der Waals surface area contributed by atoms with Crippen LogP contribution >= 0.6 is 0 Å². The van der Waals surface area contributed by atoms with Gasteiger partial charge in [-0.15, -0.1) is 0 Å². The minimum atomic E-state index is 0.224. The lowest BCUT2D eigenvalue weighted by molar-refractivity contribution is -0.122. The lowest BCUT2D eigenvalue weighted by Crippen LogP contribution is -2.54. The van der Waals surface area contributed by atoms with E-state index in [1.165, 1.54) is 6.42 Å². The maximum Gasteiger partial charge on any atom is 0.220 e. The number of piperidine rings is 1. The van der Waals surface area contributed by atoms with E-state index in [4.69, 9.17) is 0 Å². The molecule has 1 fully saturated rings. The van der Waals surface area contributed by atoms with Gasteiger partial charge in [0.15, 0.2) is 0 Å². The molecule has 1 saturated heterocycles. The number of hydrogen-bond acceptors (Lipinski definition) is 2. The van der Waals surface area contributed by atoms with Gasteiger partial charge >= 0.3 is 0 Å². The molecule has 3 nitrogen and oxygen atoms in total. The fraction of sp³-hybridized carbons (Fsp3) is 0.923. The van der Waals surface area contributed by atoms with Crippen molar-refractivity contribution in [1.82, 2.24) is 10.6 Å². The summed E-state index contributed by atoms with van der Waals surface area (Å²) >= 11 is 0. The molecular weight excluding hydrogens is 200 g/mol. The van der Waals surface area contributed by atoms with Crippen molar-refractivity contribution in [3.05, 3.63) is 0 Å². The number of carbonyl (C=O) groups excluding carboxylic acids is 1. The first-order valence-electron chi connectivity index (χ1n) is 6.69. The largest absolute Gasteiger partial charge is 0.352 e. The third-order valence-electron chi connectivity index (χ3n) is 3.42. The average Bonchev–Trinajstić information content (AvgIpc) is 2.23. The van der Waals surface area contributed by atoms with Crippen LogP contribution in [0.2, 0.25) is 0 Å². The van der Waals surface area contributed by atoms with E-state index in [1.54, 1.807) is 0 Å². The molecular formula is C13H26N2O. The topological polar surface area (TPSA) is 41.1 Å². The minimum absolute atomic E-state index is 0.224. The second kappa shape index (κ2) is 6.89. The van der Waals surface area contributed by atoms with Gasteiger partial charge in [-0.05, 0) is 33.1 Å². The van der Waals surface area contributed by atoms with Gasteiger partial charge in [0.2, 0.25) is 5.91 Å². The van der Waals surface area contributed by atoms with Gasteiger partial charge in [-0.1, -0.05) is 19.8 Å². The fourth-order valence-corrected chi connectivity index (χ4v) is 2.34. The van der Waals surface area contributed by atoms with Crippen LogP contribution in [0.15, 0.2) is 0 Å². The van der Waals surface area contributed by atoms with Crippen LogP contribution in [-0.2, 0) is 4.79 Å². The third kappa shape index (κ3) is 4.52. The van der Waals surface area contributed by atoms with Crippen LogP contribution in [0, 0.1) is 0 Å². The van der Waals surface area contributed by atoms with E-state index in [0.29, 0.717) is 24.5 Å². The molecule has 0 aromatic heterocycles. The Hall–Kier alpha value is -0.570. The Morgan fingerprint density at radius 2 is 2.06 bits per heavy atom. The van der Waals surface area contributed by atoms with Gasteiger partial charge in [-0.2, -0.15) is 0 Å². The maximum absolute atomic E-state index is 11.7. The van der Waals surface area contributed by atoms with E-state index in [9.17, 15) is 4.79 Å². The summed E-state index contributed by atoms with van der Waals surface area (Å²) in [5.74, 6) is 0.224. The molecule has 94 valence electrons. The van der Waals surface area contributed by atoms with Crippen molar-refractivity contribution in [1.29, 1.82) is 0 Å². The van der Waals surface area contributed by atoms with E-state index < -0.39 is 0 Å². The summed E-state index contributed by atoms with van der Waals surface area (Å²) < 4.78 is 0. The summed E-state index contributed by atoms with van der Waals surface area (Å²) in [6.07, 6.45) is 6.30. The SMILES string of the molecule is CCCCCC(=O)NC1CCC(C)NC1C. The Labute approximate surface area is 99.4 Å². The second-order valence-corrected chi connectivity index (χ2v) is 5.06. The van der Waals surface area contributed by atoms with Crippen molar-refractivity contribution in [2.45, 2.75) is 77.4 Å². The lowest BCUT2D eigenvalue weighted by Gasteiger charge is -2.34. The Morgan fingerprint density at radius 3 is 2.69 bits per heavy atom. The molecule has 0 spiro atoms. The van der Waals surface area contributed by atoms with E-state index in [-0.39, 0.29) is 5.91 Å². The zero-order valence-corrected chi connectivity index (χ0v) is 10.9. The Kier molecular flexibility index (Phi) is 5.81. The monoisotopic (exact) mass is 226 g/mol. The standard InChI is InChI=1S/C13H26N2O/c1-4-5-6-7-13(16)15-12-9-8-10(2)14-11(12)3/h10-12,14H,4-9H2,1-3H3,(H,15,16). The molecule has 3 heteroatoms. The molecule has 0 radical (unpaired) electrons. The van der Waals surface area contributed by atoms with Crippen molar-refractivity contribution < 1.29 is 4.79 Å². The third-order valence-corrected chi connectivity index (χ3v) is 3.42. The smallest absolute Gasteiger partial charge is 0.220 e. The zero-order chi connectivity index (χ0) is 12.0. The van der Waals surface area contributed by atoms with Crippen LogP contribution in [0.5, 0.6) is 0 Å². The van der Waals surface area contributed by atoms with E-state index in [1.807, 2.05) is 0 Å². The van der Waals surface area contributed by atoms with Gasteiger partial charge in [0.05, 0.1) is 0 Å². The van der Waals surface area contributed by atoms with E-state index >= 15 is 0 Å². The van der Waals surface area contributed by atoms with Crippen molar-refractivity contribution in [3.8, 4) is 0 Å². The summed E-state index contributed by atoms with van der Waals surface area (Å²) in [5.41, 5.74) is 0. The first-order valence-corrected chi connectivity index (χ1v) is 6.69. The van der Waals surface area contributed by atoms with Gasteiger partial charge in [0.25, 0.3) is 0 Å². The highest BCUT2D eigenvalue weighted by Crippen LogP contribution is 2.13. The number of carbonyl (C=O) groups is 1. The van der Waals surface area contributed by atoms with Crippen LogP contribution in [0.3, 0.4) is 0 Å². The summed E-state index contributed by atoms with van der Waals surface area (Å²) in [6, 6.07) is 1.31. The molecule has 0 saturated carbocycles. The Balaban J connectivity index is 2.22. The molecule has 0 aliphatic carbocycles.